The summed E-state index contributed by atoms with van der Waals surface area (Å²) in [5.41, 5.74) is -0.172. The maximum absolute atomic E-state index is 12.6. The average Bonchev–Trinajstić information content (AvgIpc) is 3.67. The monoisotopic (exact) mass is 804 g/mol. The molecule has 4 atom stereocenters. The fourth-order valence-corrected chi connectivity index (χ4v) is 8.32. The van der Waals surface area contributed by atoms with Crippen molar-refractivity contribution >= 4 is 78.9 Å². The van der Waals surface area contributed by atoms with Crippen LogP contribution in [0, 0.1) is 0 Å². The smallest absolute Gasteiger partial charge is 0.416 e. The van der Waals surface area contributed by atoms with Crippen LogP contribution in [0.3, 0.4) is 0 Å². The van der Waals surface area contributed by atoms with Gasteiger partial charge >= 0.3 is 12.2 Å². The molecule has 0 unspecified atom stereocenters. The average molecular weight is 807 g/mol. The fourth-order valence-electron chi connectivity index (χ4n) is 7.05. The van der Waals surface area contributed by atoms with Crippen LogP contribution in [-0.2, 0) is 20.3 Å². The molecule has 0 radical (unpaired) electrons. The molecule has 2 N–H and O–H groups in total. The van der Waals surface area contributed by atoms with Gasteiger partial charge in [-0.1, -0.05) is 23.2 Å². The van der Waals surface area contributed by atoms with E-state index in [9.17, 15) is 19.8 Å². The Morgan fingerprint density at radius 2 is 1.13 bits per heavy atom. The third-order valence-electron chi connectivity index (χ3n) is 8.79. The topological polar surface area (TPSA) is 125 Å². The van der Waals surface area contributed by atoms with Gasteiger partial charge in [0.25, 0.3) is 0 Å². The number of anilines is 2. The molecule has 14 heteroatoms. The summed E-state index contributed by atoms with van der Waals surface area (Å²) in [4.78, 5) is 37.1. The van der Waals surface area contributed by atoms with E-state index in [0.717, 1.165) is 24.0 Å². The lowest BCUT2D eigenvalue weighted by Gasteiger charge is -2.27. The maximum Gasteiger partial charge on any atom is 0.416 e. The number of hydrogen-bond acceptors (Lipinski definition) is 8. The number of carbonyl (C=O) groups excluding carboxylic acids is 2. The molecule has 6 rings (SSSR count). The number of amides is 2. The lowest BCUT2D eigenvalue weighted by atomic mass is 9.81. The second kappa shape index (κ2) is 12.6. The number of aliphatic hydroxyl groups is 2. The molecule has 2 fully saturated rings. The molecule has 0 saturated heterocycles. The first-order chi connectivity index (χ1) is 21.3. The Morgan fingerprint density at radius 1 is 0.783 bits per heavy atom. The molecule has 2 aliphatic heterocycles. The molecule has 4 aliphatic rings. The van der Waals surface area contributed by atoms with Gasteiger partial charge in [0.2, 0.25) is 0 Å². The largest absolute Gasteiger partial charge is 0.443 e. The van der Waals surface area contributed by atoms with E-state index in [1.807, 2.05) is 41.5 Å². The predicted octanol–water partition coefficient (Wildman–Crippen LogP) is 8.07. The number of rotatable bonds is 0. The Bertz CT molecular complexity index is 1440. The van der Waals surface area contributed by atoms with Crippen LogP contribution in [0.2, 0.25) is 10.0 Å². The van der Waals surface area contributed by atoms with E-state index < -0.39 is 23.4 Å². The molecule has 10 nitrogen and oxygen atoms in total. The molecule has 0 aromatic carbocycles. The van der Waals surface area contributed by atoms with Crippen LogP contribution in [0.15, 0.2) is 21.3 Å². The van der Waals surface area contributed by atoms with Crippen LogP contribution < -0.4 is 9.80 Å². The molecular formula is C32H40Br2Cl2N4O6. The molecule has 4 heterocycles. The predicted molar refractivity (Wildman–Crippen MR) is 184 cm³/mol. The quantitative estimate of drug-likeness (QED) is 0.274. The first-order valence-electron chi connectivity index (χ1n) is 15.3. The van der Waals surface area contributed by atoms with E-state index in [-0.39, 0.29) is 23.0 Å². The number of aromatic nitrogens is 2. The SMILES string of the molecule is CC(C)(C)OC(=O)N1C[C@@]2(CC[C@@H](O)C2)c2c1ncc(Br)c2Cl.CC(C)(C)OC(=O)N1C[C@@]2(CC[C@H](O)C2)c2c1ncc(Br)c2Cl. The van der Waals surface area contributed by atoms with E-state index in [1.165, 1.54) is 0 Å². The normalized spacial score (nSPS) is 26.7. The Morgan fingerprint density at radius 3 is 1.41 bits per heavy atom. The second-order valence-electron chi connectivity index (χ2n) is 14.7. The van der Waals surface area contributed by atoms with Crippen molar-refractivity contribution in [1.29, 1.82) is 0 Å². The third kappa shape index (κ3) is 6.89. The summed E-state index contributed by atoms with van der Waals surface area (Å²) in [6, 6.07) is 0. The van der Waals surface area contributed by atoms with E-state index >= 15 is 0 Å². The van der Waals surface area contributed by atoms with Gasteiger partial charge in [-0.25, -0.2) is 19.6 Å². The molecule has 2 aromatic rings. The maximum atomic E-state index is 12.6. The lowest BCUT2D eigenvalue weighted by Crippen LogP contribution is -2.39. The number of pyridine rings is 2. The number of ether oxygens (including phenoxy) is 2. The zero-order valence-corrected chi connectivity index (χ0v) is 31.5. The summed E-state index contributed by atoms with van der Waals surface area (Å²) in [5, 5.41) is 21.2. The van der Waals surface area contributed by atoms with Gasteiger partial charge in [0.15, 0.2) is 0 Å². The zero-order chi connectivity index (χ0) is 34.0. The fraction of sp³-hybridized carbons (Fsp3) is 0.625. The van der Waals surface area contributed by atoms with Crippen molar-refractivity contribution in [2.75, 3.05) is 22.9 Å². The van der Waals surface area contributed by atoms with Gasteiger partial charge in [-0.15, -0.1) is 0 Å². The molecule has 2 saturated carbocycles. The minimum Gasteiger partial charge on any atom is -0.443 e. The van der Waals surface area contributed by atoms with Crippen molar-refractivity contribution in [3.05, 3.63) is 42.5 Å². The van der Waals surface area contributed by atoms with Gasteiger partial charge in [0, 0.05) is 47.4 Å². The Hall–Kier alpha value is -1.70. The van der Waals surface area contributed by atoms with E-state index in [0.29, 0.717) is 69.4 Å². The van der Waals surface area contributed by atoms with Crippen molar-refractivity contribution in [3.8, 4) is 0 Å². The molecule has 46 heavy (non-hydrogen) atoms. The summed E-state index contributed by atoms with van der Waals surface area (Å²) in [7, 11) is 0. The highest BCUT2D eigenvalue weighted by molar-refractivity contribution is 9.10. The number of hydrogen-bond donors (Lipinski definition) is 2. The van der Waals surface area contributed by atoms with Crippen LogP contribution in [0.5, 0.6) is 0 Å². The highest BCUT2D eigenvalue weighted by Gasteiger charge is 2.53. The van der Waals surface area contributed by atoms with E-state index in [4.69, 9.17) is 32.7 Å². The summed E-state index contributed by atoms with van der Waals surface area (Å²) in [5.74, 6) is 1.09. The van der Waals surface area contributed by atoms with Gasteiger partial charge in [-0.05, 0) is 112 Å². The highest BCUT2D eigenvalue weighted by Crippen LogP contribution is 2.55. The number of fused-ring (bicyclic) bond motifs is 4. The number of carbonyl (C=O) groups is 2. The van der Waals surface area contributed by atoms with Gasteiger partial charge in [-0.2, -0.15) is 0 Å². The second-order valence-corrected chi connectivity index (χ2v) is 17.2. The van der Waals surface area contributed by atoms with Crippen LogP contribution >= 0.6 is 55.1 Å². The summed E-state index contributed by atoms with van der Waals surface area (Å²) in [6.07, 6.45) is 5.70. The lowest BCUT2D eigenvalue weighted by molar-refractivity contribution is 0.0565. The minimum atomic E-state index is -0.582. The standard InChI is InChI=1S/2C16H20BrClN2O3/c2*1-15(2,3)23-14(22)20-8-16(5-4-9(21)6-16)11-12(18)10(17)7-19-13(11)20/h2*7,9,21H,4-6,8H2,1-3H3/t9-,16+;9-,16-/m10/s1. The first-order valence-corrected chi connectivity index (χ1v) is 17.7. The molecular weight excluding hydrogens is 767 g/mol. The van der Waals surface area contributed by atoms with Crippen LogP contribution in [0.25, 0.3) is 0 Å². The van der Waals surface area contributed by atoms with Crippen molar-refractivity contribution < 1.29 is 29.3 Å². The number of nitrogens with zero attached hydrogens (tertiary/aromatic N) is 4. The molecule has 2 spiro atoms. The van der Waals surface area contributed by atoms with Gasteiger partial charge < -0.3 is 19.7 Å². The molecule has 2 amide bonds. The molecule has 252 valence electrons. The Balaban J connectivity index is 0.000000181. The van der Waals surface area contributed by atoms with Crippen LogP contribution in [-0.4, -0.2) is 68.9 Å². The van der Waals surface area contributed by atoms with Crippen molar-refractivity contribution in [3.63, 3.8) is 0 Å². The summed E-state index contributed by atoms with van der Waals surface area (Å²) < 4.78 is 12.4. The van der Waals surface area contributed by atoms with Crippen molar-refractivity contribution in [2.24, 2.45) is 0 Å². The van der Waals surface area contributed by atoms with E-state index in [1.54, 1.807) is 22.2 Å². The van der Waals surface area contributed by atoms with E-state index in [2.05, 4.69) is 41.8 Å². The minimum absolute atomic E-state index is 0.348. The van der Waals surface area contributed by atoms with Gasteiger partial charge in [-0.3, -0.25) is 9.80 Å². The Kier molecular flexibility index (Phi) is 9.78. The van der Waals surface area contributed by atoms with Crippen LogP contribution in [0.1, 0.15) is 91.2 Å². The molecule has 2 aromatic heterocycles. The molecule has 2 aliphatic carbocycles. The third-order valence-corrected chi connectivity index (χ3v) is 11.2. The zero-order valence-electron chi connectivity index (χ0n) is 26.8. The van der Waals surface area contributed by atoms with Crippen LogP contribution in [0.4, 0.5) is 21.2 Å². The Labute approximate surface area is 296 Å². The summed E-state index contributed by atoms with van der Waals surface area (Å²) >= 11 is 19.8. The summed E-state index contributed by atoms with van der Waals surface area (Å²) in [6.45, 7) is 11.9. The first kappa shape index (κ1) is 35.6. The van der Waals surface area contributed by atoms with Crippen molar-refractivity contribution in [1.82, 2.24) is 9.97 Å². The highest BCUT2D eigenvalue weighted by atomic mass is 79.9. The number of halogens is 4. The molecule has 0 bridgehead atoms. The van der Waals surface area contributed by atoms with Gasteiger partial charge in [0.1, 0.15) is 22.8 Å². The number of aliphatic hydroxyl groups excluding tert-OH is 2. The van der Waals surface area contributed by atoms with Gasteiger partial charge in [0.05, 0.1) is 31.2 Å². The van der Waals surface area contributed by atoms with Crippen molar-refractivity contribution in [2.45, 2.75) is 114 Å².